The van der Waals surface area contributed by atoms with Crippen molar-refractivity contribution in [2.75, 3.05) is 0 Å². The Morgan fingerprint density at radius 3 is 2.00 bits per heavy atom. The molecule has 0 saturated heterocycles. The van der Waals surface area contributed by atoms with Crippen molar-refractivity contribution in [3.05, 3.63) is 48.4 Å². The normalized spacial score (nSPS) is 11.6. The summed E-state index contributed by atoms with van der Waals surface area (Å²) >= 11 is 0. The van der Waals surface area contributed by atoms with E-state index < -0.39 is 8.07 Å². The molecule has 0 heterocycles. The zero-order chi connectivity index (χ0) is 9.78. The molecule has 0 aliphatic heterocycles. The molecule has 0 unspecified atom stereocenters. The molecule has 0 radical (unpaired) electrons. The molecule has 0 saturated carbocycles. The van der Waals surface area contributed by atoms with Crippen molar-refractivity contribution in [1.29, 1.82) is 0 Å². The highest BCUT2D eigenvalue weighted by atomic mass is 28.3. The van der Waals surface area contributed by atoms with Crippen LogP contribution in [0.1, 0.15) is 6.92 Å². The van der Waals surface area contributed by atoms with Crippen molar-refractivity contribution < 1.29 is 0 Å². The van der Waals surface area contributed by atoms with Gasteiger partial charge in [-0.15, -0.1) is 0 Å². The van der Waals surface area contributed by atoms with Crippen LogP contribution in [0.4, 0.5) is 0 Å². The standard InChI is InChI=1S/C11H18Si/c1-7-9-11(4)12(5,6)10(3)8-2/h7-9H,2-4H2,1,5-6H3. The number of hydrogen-bond donors (Lipinski definition) is 0. The number of allylic oxidation sites excluding steroid dienone is 5. The fourth-order valence-electron chi connectivity index (χ4n) is 0.871. The monoisotopic (exact) mass is 178 g/mol. The third-order valence-corrected chi connectivity index (χ3v) is 5.80. The Labute approximate surface area is 77.0 Å². The van der Waals surface area contributed by atoms with Crippen molar-refractivity contribution >= 4 is 8.07 Å². The van der Waals surface area contributed by atoms with E-state index in [1.165, 1.54) is 5.20 Å². The Morgan fingerprint density at radius 2 is 1.67 bits per heavy atom. The van der Waals surface area contributed by atoms with E-state index >= 15 is 0 Å². The first kappa shape index (κ1) is 11.2. The summed E-state index contributed by atoms with van der Waals surface area (Å²) in [7, 11) is -1.52. The van der Waals surface area contributed by atoms with Crippen LogP contribution in [0, 0.1) is 0 Å². The Morgan fingerprint density at radius 1 is 1.17 bits per heavy atom. The molecule has 0 aromatic heterocycles. The number of rotatable bonds is 4. The van der Waals surface area contributed by atoms with Gasteiger partial charge in [0, 0.05) is 0 Å². The molecule has 0 fully saturated rings. The molecular weight excluding hydrogens is 160 g/mol. The van der Waals surface area contributed by atoms with Crippen LogP contribution < -0.4 is 0 Å². The molecular formula is C11H18Si. The molecule has 0 aliphatic rings. The van der Waals surface area contributed by atoms with E-state index in [2.05, 4.69) is 38.9 Å². The number of hydrogen-bond acceptors (Lipinski definition) is 0. The van der Waals surface area contributed by atoms with Crippen LogP contribution in [0.2, 0.25) is 13.1 Å². The quantitative estimate of drug-likeness (QED) is 0.455. The van der Waals surface area contributed by atoms with Crippen molar-refractivity contribution in [3.63, 3.8) is 0 Å². The second-order valence-electron chi connectivity index (χ2n) is 3.38. The van der Waals surface area contributed by atoms with Crippen LogP contribution >= 0.6 is 0 Å². The lowest BCUT2D eigenvalue weighted by Crippen LogP contribution is -2.29. The van der Waals surface area contributed by atoms with Crippen LogP contribution in [0.3, 0.4) is 0 Å². The molecule has 0 aromatic rings. The van der Waals surface area contributed by atoms with Gasteiger partial charge in [-0.25, -0.2) is 0 Å². The minimum atomic E-state index is -1.52. The fraction of sp³-hybridized carbons (Fsp3) is 0.273. The highest BCUT2D eigenvalue weighted by molar-refractivity contribution is 6.91. The van der Waals surface area contributed by atoms with E-state index in [0.717, 1.165) is 5.20 Å². The summed E-state index contributed by atoms with van der Waals surface area (Å²) in [4.78, 5) is 0. The molecule has 0 N–H and O–H groups in total. The zero-order valence-corrected chi connectivity index (χ0v) is 9.35. The molecule has 66 valence electrons. The first-order chi connectivity index (χ1) is 5.46. The highest BCUT2D eigenvalue weighted by Gasteiger charge is 2.24. The smallest absolute Gasteiger partial charge is 0.0994 e. The largest absolute Gasteiger partial charge is 0.110 e. The first-order valence-electron chi connectivity index (χ1n) is 4.10. The van der Waals surface area contributed by atoms with Gasteiger partial charge in [-0.2, -0.15) is 0 Å². The topological polar surface area (TPSA) is 0 Å². The van der Waals surface area contributed by atoms with Crippen molar-refractivity contribution in [2.45, 2.75) is 20.0 Å². The second-order valence-corrected chi connectivity index (χ2v) is 7.91. The van der Waals surface area contributed by atoms with Gasteiger partial charge in [0.15, 0.2) is 0 Å². The summed E-state index contributed by atoms with van der Waals surface area (Å²) < 4.78 is 0. The van der Waals surface area contributed by atoms with E-state index in [0.29, 0.717) is 0 Å². The first-order valence-corrected chi connectivity index (χ1v) is 7.10. The predicted octanol–water partition coefficient (Wildman–Crippen LogP) is 3.65. The minimum Gasteiger partial charge on any atom is -0.0994 e. The molecule has 0 nitrogen and oxygen atoms in total. The SMILES string of the molecule is C=CC(=C)[Si](C)(C)C(=C)C=CC. The van der Waals surface area contributed by atoms with Crippen LogP contribution in [0.5, 0.6) is 0 Å². The van der Waals surface area contributed by atoms with Crippen molar-refractivity contribution in [2.24, 2.45) is 0 Å². The van der Waals surface area contributed by atoms with Gasteiger partial charge in [-0.3, -0.25) is 0 Å². The van der Waals surface area contributed by atoms with E-state index in [9.17, 15) is 0 Å². The maximum absolute atomic E-state index is 4.05. The highest BCUT2D eigenvalue weighted by Crippen LogP contribution is 2.22. The summed E-state index contributed by atoms with van der Waals surface area (Å²) in [5.41, 5.74) is 0. The fourth-order valence-corrected chi connectivity index (χ4v) is 2.38. The van der Waals surface area contributed by atoms with E-state index in [1.807, 2.05) is 19.1 Å². The molecule has 0 atom stereocenters. The van der Waals surface area contributed by atoms with Gasteiger partial charge < -0.3 is 0 Å². The van der Waals surface area contributed by atoms with Crippen LogP contribution in [0.25, 0.3) is 0 Å². The van der Waals surface area contributed by atoms with Crippen molar-refractivity contribution in [1.82, 2.24) is 0 Å². The third kappa shape index (κ3) is 2.34. The molecule has 0 spiro atoms. The molecule has 0 rings (SSSR count). The van der Waals surface area contributed by atoms with Gasteiger partial charge in [0.1, 0.15) is 8.07 Å². The Hall–Kier alpha value is -0.823. The van der Waals surface area contributed by atoms with Crippen LogP contribution in [-0.2, 0) is 0 Å². The second kappa shape index (κ2) is 4.26. The van der Waals surface area contributed by atoms with Gasteiger partial charge in [-0.05, 0) is 6.92 Å². The lowest BCUT2D eigenvalue weighted by atomic mass is 10.5. The van der Waals surface area contributed by atoms with E-state index in [-0.39, 0.29) is 0 Å². The van der Waals surface area contributed by atoms with Gasteiger partial charge in [0.2, 0.25) is 0 Å². The average molecular weight is 178 g/mol. The maximum atomic E-state index is 4.05. The minimum absolute atomic E-state index is 1.14. The van der Waals surface area contributed by atoms with Gasteiger partial charge in [0.25, 0.3) is 0 Å². The molecule has 0 aliphatic carbocycles. The lowest BCUT2D eigenvalue weighted by Gasteiger charge is -2.23. The predicted molar refractivity (Wildman–Crippen MR) is 60.8 cm³/mol. The molecule has 0 amide bonds. The molecule has 12 heavy (non-hydrogen) atoms. The van der Waals surface area contributed by atoms with E-state index in [1.54, 1.807) is 0 Å². The summed E-state index contributed by atoms with van der Waals surface area (Å²) in [5, 5.41) is 2.35. The van der Waals surface area contributed by atoms with Gasteiger partial charge in [0.05, 0.1) is 0 Å². The van der Waals surface area contributed by atoms with Gasteiger partial charge >= 0.3 is 0 Å². The van der Waals surface area contributed by atoms with Crippen molar-refractivity contribution in [3.8, 4) is 0 Å². The van der Waals surface area contributed by atoms with Crippen LogP contribution in [0.15, 0.2) is 48.4 Å². The maximum Gasteiger partial charge on any atom is 0.110 e. The van der Waals surface area contributed by atoms with Crippen LogP contribution in [-0.4, -0.2) is 8.07 Å². The summed E-state index contributed by atoms with van der Waals surface area (Å²) in [6.45, 7) is 18.3. The summed E-state index contributed by atoms with van der Waals surface area (Å²) in [5.74, 6) is 0. The molecule has 1 heteroatoms. The Bertz CT molecular complexity index is 231. The Kier molecular flexibility index (Phi) is 3.97. The zero-order valence-electron chi connectivity index (χ0n) is 8.35. The summed E-state index contributed by atoms with van der Waals surface area (Å²) in [6, 6.07) is 0. The third-order valence-electron chi connectivity index (χ3n) is 2.22. The van der Waals surface area contributed by atoms with E-state index in [4.69, 9.17) is 0 Å². The Balaban J connectivity index is 4.71. The lowest BCUT2D eigenvalue weighted by molar-refractivity contribution is 1.63. The average Bonchev–Trinajstić information content (AvgIpc) is 2.03. The molecule has 0 aromatic carbocycles. The van der Waals surface area contributed by atoms with Gasteiger partial charge in [-0.1, -0.05) is 61.5 Å². The summed E-state index contributed by atoms with van der Waals surface area (Å²) in [6.07, 6.45) is 5.94. The molecule has 0 bridgehead atoms.